The number of nitrogens with one attached hydrogen (secondary N) is 1. The third kappa shape index (κ3) is 3.21. The highest BCUT2D eigenvalue weighted by Crippen LogP contribution is 2.26. The smallest absolute Gasteiger partial charge is 0.188 e. The molecule has 20 heavy (non-hydrogen) atoms. The van der Waals surface area contributed by atoms with Crippen LogP contribution < -0.4 is 16.0 Å². The van der Waals surface area contributed by atoms with Gasteiger partial charge in [-0.05, 0) is 37.3 Å². The Hall–Kier alpha value is -1.78. The molecule has 4 nitrogen and oxygen atoms in total. The first kappa shape index (κ1) is 13.2. The van der Waals surface area contributed by atoms with Gasteiger partial charge in [0.25, 0.3) is 0 Å². The topological polar surface area (TPSA) is 53.6 Å². The maximum atomic E-state index is 13.7. The lowest BCUT2D eigenvalue weighted by atomic mass is 10.1. The molecule has 0 aromatic heterocycles. The van der Waals surface area contributed by atoms with Gasteiger partial charge in [0.2, 0.25) is 0 Å². The summed E-state index contributed by atoms with van der Waals surface area (Å²) < 4.78 is 13.7. The van der Waals surface area contributed by atoms with E-state index in [2.05, 4.69) is 15.2 Å². The number of benzene rings is 1. The molecule has 1 heterocycles. The molecule has 1 aromatic carbocycles. The number of halogens is 1. The highest BCUT2D eigenvalue weighted by molar-refractivity contribution is 5.78. The number of guanidine groups is 1. The lowest BCUT2D eigenvalue weighted by Gasteiger charge is -2.18. The molecule has 1 aromatic rings. The summed E-state index contributed by atoms with van der Waals surface area (Å²) in [5.41, 5.74) is 6.53. The maximum Gasteiger partial charge on any atom is 0.188 e. The minimum Gasteiger partial charge on any atom is -0.370 e. The predicted octanol–water partition coefficient (Wildman–Crippen LogP) is 1.72. The number of para-hydroxylation sites is 1. The molecule has 1 aliphatic heterocycles. The normalized spacial score (nSPS) is 23.1. The highest BCUT2D eigenvalue weighted by Gasteiger charge is 2.25. The summed E-state index contributed by atoms with van der Waals surface area (Å²) >= 11 is 0. The number of hydrogen-bond acceptors (Lipinski definition) is 2. The van der Waals surface area contributed by atoms with E-state index in [1.54, 1.807) is 6.07 Å². The third-order valence-electron chi connectivity index (χ3n) is 3.93. The minimum atomic E-state index is -0.147. The van der Waals surface area contributed by atoms with Crippen LogP contribution in [0.1, 0.15) is 19.3 Å². The summed E-state index contributed by atoms with van der Waals surface area (Å²) in [5, 5.41) is 3.18. The van der Waals surface area contributed by atoms with Crippen molar-refractivity contribution in [1.82, 2.24) is 5.32 Å². The molecule has 3 rings (SSSR count). The average Bonchev–Trinajstić information content (AvgIpc) is 3.12. The zero-order chi connectivity index (χ0) is 13.9. The fourth-order valence-corrected chi connectivity index (χ4v) is 2.62. The van der Waals surface area contributed by atoms with Gasteiger partial charge in [0.1, 0.15) is 5.82 Å². The van der Waals surface area contributed by atoms with E-state index < -0.39 is 0 Å². The molecule has 3 N–H and O–H groups in total. The van der Waals surface area contributed by atoms with Crippen LogP contribution in [-0.2, 0) is 0 Å². The zero-order valence-electron chi connectivity index (χ0n) is 11.6. The van der Waals surface area contributed by atoms with Gasteiger partial charge in [0, 0.05) is 25.7 Å². The van der Waals surface area contributed by atoms with Crippen LogP contribution in [0.5, 0.6) is 0 Å². The van der Waals surface area contributed by atoms with Crippen molar-refractivity contribution >= 4 is 11.6 Å². The van der Waals surface area contributed by atoms with E-state index in [0.29, 0.717) is 23.6 Å². The fraction of sp³-hybridized carbons (Fsp3) is 0.533. The van der Waals surface area contributed by atoms with Crippen LogP contribution in [-0.4, -0.2) is 31.6 Å². The van der Waals surface area contributed by atoms with Crippen molar-refractivity contribution in [3.63, 3.8) is 0 Å². The first-order valence-electron chi connectivity index (χ1n) is 7.28. The van der Waals surface area contributed by atoms with Gasteiger partial charge in [-0.3, -0.25) is 4.99 Å². The van der Waals surface area contributed by atoms with Gasteiger partial charge in [0.15, 0.2) is 5.96 Å². The average molecular weight is 276 g/mol. The second-order valence-corrected chi connectivity index (χ2v) is 5.70. The van der Waals surface area contributed by atoms with Crippen molar-refractivity contribution < 1.29 is 4.39 Å². The Morgan fingerprint density at radius 3 is 2.90 bits per heavy atom. The molecule has 0 amide bonds. The van der Waals surface area contributed by atoms with E-state index in [0.717, 1.165) is 26.1 Å². The lowest BCUT2D eigenvalue weighted by molar-refractivity contribution is 0.596. The Labute approximate surface area is 118 Å². The molecule has 108 valence electrons. The Kier molecular flexibility index (Phi) is 3.76. The monoisotopic (exact) mass is 276 g/mol. The lowest BCUT2D eigenvalue weighted by Crippen LogP contribution is -2.34. The van der Waals surface area contributed by atoms with Crippen molar-refractivity contribution in [2.45, 2.75) is 25.3 Å². The van der Waals surface area contributed by atoms with Gasteiger partial charge in [-0.2, -0.15) is 0 Å². The van der Waals surface area contributed by atoms with Crippen molar-refractivity contribution in [1.29, 1.82) is 0 Å². The van der Waals surface area contributed by atoms with Crippen LogP contribution in [0.3, 0.4) is 0 Å². The summed E-state index contributed by atoms with van der Waals surface area (Å²) in [6.45, 7) is 2.45. The van der Waals surface area contributed by atoms with Gasteiger partial charge >= 0.3 is 0 Å². The van der Waals surface area contributed by atoms with E-state index in [1.165, 1.54) is 18.9 Å². The molecule has 1 aliphatic carbocycles. The van der Waals surface area contributed by atoms with Gasteiger partial charge in [0.05, 0.1) is 5.69 Å². The summed E-state index contributed by atoms with van der Waals surface area (Å²) in [7, 11) is 0. The second-order valence-electron chi connectivity index (χ2n) is 5.70. The first-order chi connectivity index (χ1) is 9.72. The van der Waals surface area contributed by atoms with E-state index in [1.807, 2.05) is 12.1 Å². The van der Waals surface area contributed by atoms with Crippen LogP contribution in [0.4, 0.5) is 10.1 Å². The number of anilines is 1. The third-order valence-corrected chi connectivity index (χ3v) is 3.93. The van der Waals surface area contributed by atoms with E-state index in [9.17, 15) is 4.39 Å². The molecule has 0 radical (unpaired) electrons. The molecular weight excluding hydrogens is 255 g/mol. The summed E-state index contributed by atoms with van der Waals surface area (Å²) in [6, 6.07) is 7.49. The Morgan fingerprint density at radius 1 is 1.35 bits per heavy atom. The molecular formula is C15H21FN4. The van der Waals surface area contributed by atoms with Crippen molar-refractivity contribution in [3.05, 3.63) is 30.1 Å². The molecule has 1 atom stereocenters. The van der Waals surface area contributed by atoms with Crippen LogP contribution in [0.15, 0.2) is 29.3 Å². The molecule has 2 aliphatic rings. The first-order valence-corrected chi connectivity index (χ1v) is 7.28. The Morgan fingerprint density at radius 2 is 2.15 bits per heavy atom. The van der Waals surface area contributed by atoms with E-state index in [-0.39, 0.29) is 5.82 Å². The van der Waals surface area contributed by atoms with Crippen molar-refractivity contribution in [2.24, 2.45) is 16.6 Å². The Bertz CT molecular complexity index is 498. The molecule has 0 spiro atoms. The van der Waals surface area contributed by atoms with Gasteiger partial charge < -0.3 is 16.0 Å². The quantitative estimate of drug-likeness (QED) is 0.650. The fourth-order valence-electron chi connectivity index (χ4n) is 2.62. The number of rotatable bonds is 4. The van der Waals surface area contributed by atoms with Gasteiger partial charge in [-0.1, -0.05) is 12.1 Å². The highest BCUT2D eigenvalue weighted by atomic mass is 19.1. The number of aliphatic imine (C=N–C) groups is 1. The van der Waals surface area contributed by atoms with Crippen LogP contribution in [0.2, 0.25) is 0 Å². The molecule has 1 unspecified atom stereocenters. The number of nitrogens with zero attached hydrogens (tertiary/aromatic N) is 2. The van der Waals surface area contributed by atoms with Crippen molar-refractivity contribution in [3.8, 4) is 0 Å². The van der Waals surface area contributed by atoms with Crippen LogP contribution in [0.25, 0.3) is 0 Å². The molecule has 1 saturated carbocycles. The minimum absolute atomic E-state index is 0.147. The van der Waals surface area contributed by atoms with Crippen LogP contribution >= 0.6 is 0 Å². The number of hydrogen-bond donors (Lipinski definition) is 2. The summed E-state index contributed by atoms with van der Waals surface area (Å²) in [5.74, 6) is 0.859. The Balaban J connectivity index is 1.53. The zero-order valence-corrected chi connectivity index (χ0v) is 11.6. The molecule has 5 heteroatoms. The SMILES string of the molecule is NC(=NCC1CCN(c2ccccc2F)C1)NC1CC1. The molecule has 0 bridgehead atoms. The summed E-state index contributed by atoms with van der Waals surface area (Å²) in [6.07, 6.45) is 3.43. The van der Waals surface area contributed by atoms with Crippen molar-refractivity contribution in [2.75, 3.05) is 24.5 Å². The van der Waals surface area contributed by atoms with Gasteiger partial charge in [-0.25, -0.2) is 4.39 Å². The summed E-state index contributed by atoms with van der Waals surface area (Å²) in [4.78, 5) is 6.50. The van der Waals surface area contributed by atoms with Gasteiger partial charge in [-0.15, -0.1) is 0 Å². The predicted molar refractivity (Wildman–Crippen MR) is 79.4 cm³/mol. The number of nitrogens with two attached hydrogens (primary N) is 1. The maximum absolute atomic E-state index is 13.7. The van der Waals surface area contributed by atoms with E-state index >= 15 is 0 Å². The molecule has 1 saturated heterocycles. The second kappa shape index (κ2) is 5.69. The largest absolute Gasteiger partial charge is 0.370 e. The van der Waals surface area contributed by atoms with Crippen LogP contribution in [0, 0.1) is 11.7 Å². The van der Waals surface area contributed by atoms with E-state index in [4.69, 9.17) is 5.73 Å². The standard InChI is InChI=1S/C15H21FN4/c16-13-3-1-2-4-14(13)20-8-7-11(10-20)9-18-15(17)19-12-5-6-12/h1-4,11-12H,5-10H2,(H3,17,18,19). The molecule has 2 fully saturated rings.